The van der Waals surface area contributed by atoms with E-state index >= 15 is 0 Å². The van der Waals surface area contributed by atoms with Crippen LogP contribution in [0, 0.1) is 11.3 Å². The largest absolute Gasteiger partial charge is 0.478 e. The van der Waals surface area contributed by atoms with Crippen molar-refractivity contribution in [3.8, 4) is 11.8 Å². The van der Waals surface area contributed by atoms with Crippen LogP contribution in [0.1, 0.15) is 9.67 Å². The molecule has 0 bridgehead atoms. The van der Waals surface area contributed by atoms with Crippen LogP contribution in [0.5, 0.6) is 5.75 Å². The van der Waals surface area contributed by atoms with Gasteiger partial charge in [-0.1, -0.05) is 0 Å². The van der Waals surface area contributed by atoms with E-state index in [1.165, 1.54) is 18.4 Å². The van der Waals surface area contributed by atoms with E-state index in [0.29, 0.717) is 10.6 Å². The first-order valence-electron chi connectivity index (χ1n) is 3.44. The Labute approximate surface area is 79.3 Å². The molecule has 0 saturated carbocycles. The molecule has 1 rings (SSSR count). The molecule has 0 radical (unpaired) electrons. The van der Waals surface area contributed by atoms with Crippen LogP contribution in [-0.4, -0.2) is 19.7 Å². The van der Waals surface area contributed by atoms with Gasteiger partial charge in [-0.2, -0.15) is 5.26 Å². The zero-order valence-corrected chi connectivity index (χ0v) is 7.76. The lowest BCUT2D eigenvalue weighted by Gasteiger charge is -1.94. The number of nitriles is 1. The van der Waals surface area contributed by atoms with Crippen molar-refractivity contribution in [1.29, 1.82) is 5.26 Å². The fourth-order valence-electron chi connectivity index (χ4n) is 0.718. The van der Waals surface area contributed by atoms with Crippen molar-refractivity contribution in [2.24, 2.45) is 0 Å². The molecule has 0 aliphatic heterocycles. The molecule has 0 spiro atoms. The molecule has 0 aliphatic carbocycles. The smallest absolute Gasteiger partial charge is 0.348 e. The number of esters is 1. The monoisotopic (exact) mass is 197 g/mol. The molecule has 0 aromatic carbocycles. The number of nitrogens with zero attached hydrogens (tertiary/aromatic N) is 1. The Kier molecular flexibility index (Phi) is 3.29. The highest BCUT2D eigenvalue weighted by atomic mass is 32.1. The molecule has 4 nitrogen and oxygen atoms in total. The van der Waals surface area contributed by atoms with Crippen molar-refractivity contribution >= 4 is 17.3 Å². The number of thiophene rings is 1. The van der Waals surface area contributed by atoms with E-state index in [1.807, 2.05) is 6.07 Å². The highest BCUT2D eigenvalue weighted by Crippen LogP contribution is 2.21. The van der Waals surface area contributed by atoms with Crippen LogP contribution in [0.25, 0.3) is 0 Å². The van der Waals surface area contributed by atoms with Gasteiger partial charge in [-0.3, -0.25) is 0 Å². The summed E-state index contributed by atoms with van der Waals surface area (Å²) < 4.78 is 9.48. The van der Waals surface area contributed by atoms with Crippen molar-refractivity contribution < 1.29 is 14.3 Å². The fourth-order valence-corrected chi connectivity index (χ4v) is 1.46. The van der Waals surface area contributed by atoms with Crippen LogP contribution in [0.4, 0.5) is 0 Å². The van der Waals surface area contributed by atoms with Gasteiger partial charge in [-0.15, -0.1) is 11.3 Å². The van der Waals surface area contributed by atoms with Gasteiger partial charge in [0.05, 0.1) is 7.11 Å². The van der Waals surface area contributed by atoms with Crippen LogP contribution in [-0.2, 0) is 4.74 Å². The Hall–Kier alpha value is -1.54. The molecule has 0 unspecified atom stereocenters. The molecule has 0 fully saturated rings. The Bertz CT molecular complexity index is 339. The predicted molar refractivity (Wildman–Crippen MR) is 46.8 cm³/mol. The van der Waals surface area contributed by atoms with E-state index in [4.69, 9.17) is 10.00 Å². The maximum atomic E-state index is 11.0. The minimum Gasteiger partial charge on any atom is -0.478 e. The predicted octanol–water partition coefficient (Wildman–Crippen LogP) is 1.44. The fraction of sp³-hybridized carbons (Fsp3) is 0.250. The Balaban J connectivity index is 2.64. The second kappa shape index (κ2) is 4.48. The zero-order chi connectivity index (χ0) is 9.68. The molecular formula is C8H7NO3S. The molecule has 1 aromatic rings. The van der Waals surface area contributed by atoms with E-state index in [1.54, 1.807) is 11.4 Å². The average molecular weight is 197 g/mol. The SMILES string of the molecule is COC(=O)c1cc(OCC#N)cs1. The second-order valence-corrected chi connectivity index (χ2v) is 3.00. The zero-order valence-electron chi connectivity index (χ0n) is 6.94. The molecule has 0 saturated heterocycles. The summed E-state index contributed by atoms with van der Waals surface area (Å²) in [6, 6.07) is 3.38. The number of hydrogen-bond donors (Lipinski definition) is 0. The summed E-state index contributed by atoms with van der Waals surface area (Å²) in [4.78, 5) is 11.4. The van der Waals surface area contributed by atoms with E-state index in [2.05, 4.69) is 4.74 Å². The molecule has 5 heteroatoms. The first kappa shape index (κ1) is 9.55. The molecule has 13 heavy (non-hydrogen) atoms. The lowest BCUT2D eigenvalue weighted by Crippen LogP contribution is -1.97. The normalized spacial score (nSPS) is 8.92. The average Bonchev–Trinajstić information content (AvgIpc) is 2.62. The highest BCUT2D eigenvalue weighted by molar-refractivity contribution is 7.12. The Morgan fingerprint density at radius 1 is 1.77 bits per heavy atom. The maximum Gasteiger partial charge on any atom is 0.348 e. The summed E-state index contributed by atoms with van der Waals surface area (Å²) in [7, 11) is 1.32. The van der Waals surface area contributed by atoms with Gasteiger partial charge in [0.15, 0.2) is 6.61 Å². The first-order chi connectivity index (χ1) is 6.27. The van der Waals surface area contributed by atoms with Gasteiger partial charge in [-0.05, 0) is 0 Å². The van der Waals surface area contributed by atoms with E-state index in [0.717, 1.165) is 0 Å². The van der Waals surface area contributed by atoms with Crippen LogP contribution >= 0.6 is 11.3 Å². The molecule has 0 aliphatic rings. The summed E-state index contributed by atoms with van der Waals surface area (Å²) in [5, 5.41) is 9.88. The molecule has 0 N–H and O–H groups in total. The Morgan fingerprint density at radius 3 is 3.15 bits per heavy atom. The number of hydrogen-bond acceptors (Lipinski definition) is 5. The third kappa shape index (κ3) is 2.46. The lowest BCUT2D eigenvalue weighted by atomic mass is 10.4. The first-order valence-corrected chi connectivity index (χ1v) is 4.32. The van der Waals surface area contributed by atoms with Crippen molar-refractivity contribution in [2.75, 3.05) is 13.7 Å². The van der Waals surface area contributed by atoms with Gasteiger partial charge < -0.3 is 9.47 Å². The van der Waals surface area contributed by atoms with Crippen molar-refractivity contribution in [3.05, 3.63) is 16.3 Å². The van der Waals surface area contributed by atoms with Crippen LogP contribution in [0.2, 0.25) is 0 Å². The summed E-state index contributed by atoms with van der Waals surface area (Å²) in [5.74, 6) is 0.128. The Morgan fingerprint density at radius 2 is 2.54 bits per heavy atom. The summed E-state index contributed by atoms with van der Waals surface area (Å²) in [5.41, 5.74) is 0. The summed E-state index contributed by atoms with van der Waals surface area (Å²) in [6.07, 6.45) is 0. The van der Waals surface area contributed by atoms with Gasteiger partial charge in [0.25, 0.3) is 0 Å². The molecular weight excluding hydrogens is 190 g/mol. The second-order valence-electron chi connectivity index (χ2n) is 2.09. The van der Waals surface area contributed by atoms with Crippen molar-refractivity contribution in [3.63, 3.8) is 0 Å². The quantitative estimate of drug-likeness (QED) is 0.688. The number of rotatable bonds is 3. The lowest BCUT2D eigenvalue weighted by molar-refractivity contribution is 0.0606. The van der Waals surface area contributed by atoms with E-state index in [9.17, 15) is 4.79 Å². The van der Waals surface area contributed by atoms with Gasteiger partial charge >= 0.3 is 5.97 Å². The number of ether oxygens (including phenoxy) is 2. The summed E-state index contributed by atoms with van der Waals surface area (Å²) >= 11 is 1.22. The van der Waals surface area contributed by atoms with E-state index < -0.39 is 5.97 Å². The van der Waals surface area contributed by atoms with Gasteiger partial charge in [0, 0.05) is 11.4 Å². The molecule has 0 amide bonds. The standard InChI is InChI=1S/C8H7NO3S/c1-11-8(10)7-4-6(5-13-7)12-3-2-9/h4-5H,3H2,1H3. The van der Waals surface area contributed by atoms with Gasteiger partial charge in [0.1, 0.15) is 16.7 Å². The van der Waals surface area contributed by atoms with Crippen molar-refractivity contribution in [1.82, 2.24) is 0 Å². The molecule has 1 heterocycles. The van der Waals surface area contributed by atoms with E-state index in [-0.39, 0.29) is 6.61 Å². The van der Waals surface area contributed by atoms with Crippen LogP contribution in [0.15, 0.2) is 11.4 Å². The third-order valence-electron chi connectivity index (χ3n) is 1.27. The minimum atomic E-state index is -0.392. The van der Waals surface area contributed by atoms with Crippen molar-refractivity contribution in [2.45, 2.75) is 0 Å². The number of carbonyl (C=O) groups is 1. The topological polar surface area (TPSA) is 59.3 Å². The minimum absolute atomic E-state index is 0.0165. The van der Waals surface area contributed by atoms with Gasteiger partial charge in [-0.25, -0.2) is 4.79 Å². The molecule has 68 valence electrons. The number of carbonyl (C=O) groups excluding carboxylic acids is 1. The van der Waals surface area contributed by atoms with Gasteiger partial charge in [0.2, 0.25) is 0 Å². The molecule has 1 aromatic heterocycles. The third-order valence-corrected chi connectivity index (χ3v) is 2.15. The van der Waals surface area contributed by atoms with Crippen LogP contribution < -0.4 is 4.74 Å². The highest BCUT2D eigenvalue weighted by Gasteiger charge is 2.08. The number of methoxy groups -OCH3 is 1. The van der Waals surface area contributed by atoms with Crippen LogP contribution in [0.3, 0.4) is 0 Å². The summed E-state index contributed by atoms with van der Waals surface area (Å²) in [6.45, 7) is -0.0165. The molecule has 0 atom stereocenters. The maximum absolute atomic E-state index is 11.0.